The molecule has 1 amide bonds. The lowest BCUT2D eigenvalue weighted by Gasteiger charge is -2.15. The van der Waals surface area contributed by atoms with Gasteiger partial charge in [0.1, 0.15) is 0 Å². The summed E-state index contributed by atoms with van der Waals surface area (Å²) in [5.74, 6) is 0.725. The molecule has 0 spiro atoms. The molecule has 4 heteroatoms. The zero-order valence-corrected chi connectivity index (χ0v) is 11.0. The first kappa shape index (κ1) is 11.0. The highest BCUT2D eigenvalue weighted by Crippen LogP contribution is 2.31. The molecule has 1 saturated heterocycles. The van der Waals surface area contributed by atoms with Gasteiger partial charge in [-0.2, -0.15) is 11.3 Å². The Morgan fingerprint density at radius 1 is 1.35 bits per heavy atom. The summed E-state index contributed by atoms with van der Waals surface area (Å²) in [6, 6.07) is 6.17. The monoisotopic (exact) mass is 263 g/mol. The minimum atomic E-state index is 0.185. The molecule has 0 N–H and O–H groups in total. The van der Waals surface area contributed by atoms with Crippen molar-refractivity contribution in [3.63, 3.8) is 0 Å². The van der Waals surface area contributed by atoms with Crippen LogP contribution in [0, 0.1) is 0 Å². The summed E-state index contributed by atoms with van der Waals surface area (Å²) >= 11 is 3.38. The molecule has 1 aliphatic heterocycles. The van der Waals surface area contributed by atoms with Gasteiger partial charge in [0.15, 0.2) is 0 Å². The first-order valence-electron chi connectivity index (χ1n) is 5.69. The molecule has 0 aromatic carbocycles. The van der Waals surface area contributed by atoms with Gasteiger partial charge in [-0.25, -0.2) is 0 Å². The van der Waals surface area contributed by atoms with Crippen LogP contribution >= 0.6 is 22.7 Å². The van der Waals surface area contributed by atoms with Crippen LogP contribution in [0.3, 0.4) is 0 Å². The number of carbonyl (C=O) groups excluding carboxylic acids is 1. The number of amides is 1. The fraction of sp³-hybridized carbons (Fsp3) is 0.308. The number of likely N-dealkylation sites (tertiary alicyclic amines) is 1. The van der Waals surface area contributed by atoms with E-state index in [1.165, 1.54) is 4.88 Å². The van der Waals surface area contributed by atoms with E-state index < -0.39 is 0 Å². The van der Waals surface area contributed by atoms with Crippen molar-refractivity contribution in [1.29, 1.82) is 0 Å². The third kappa shape index (κ3) is 2.15. The third-order valence-electron chi connectivity index (χ3n) is 3.19. The smallest absolute Gasteiger partial charge is 0.254 e. The maximum absolute atomic E-state index is 12.2. The van der Waals surface area contributed by atoms with Crippen LogP contribution in [0.2, 0.25) is 0 Å². The van der Waals surface area contributed by atoms with Crippen LogP contribution in [0.5, 0.6) is 0 Å². The first-order chi connectivity index (χ1) is 8.34. The average molecular weight is 263 g/mol. The van der Waals surface area contributed by atoms with Crippen LogP contribution in [0.25, 0.3) is 0 Å². The lowest BCUT2D eigenvalue weighted by Crippen LogP contribution is -2.27. The SMILES string of the molecule is O=C(c1ccsc1)N1CCC(c2cccs2)C1. The van der Waals surface area contributed by atoms with Crippen LogP contribution in [0.15, 0.2) is 34.3 Å². The average Bonchev–Trinajstić information content (AvgIpc) is 3.09. The van der Waals surface area contributed by atoms with Crippen molar-refractivity contribution in [2.75, 3.05) is 13.1 Å². The molecule has 2 nitrogen and oxygen atoms in total. The molecule has 0 saturated carbocycles. The quantitative estimate of drug-likeness (QED) is 0.813. The van der Waals surface area contributed by atoms with Gasteiger partial charge < -0.3 is 4.90 Å². The summed E-state index contributed by atoms with van der Waals surface area (Å²) < 4.78 is 0. The molecule has 1 unspecified atom stereocenters. The summed E-state index contributed by atoms with van der Waals surface area (Å²) in [5.41, 5.74) is 0.835. The highest BCUT2D eigenvalue weighted by Gasteiger charge is 2.28. The van der Waals surface area contributed by atoms with Crippen molar-refractivity contribution in [3.8, 4) is 0 Å². The van der Waals surface area contributed by atoms with Crippen molar-refractivity contribution >= 4 is 28.6 Å². The van der Waals surface area contributed by atoms with Gasteiger partial charge >= 0.3 is 0 Å². The van der Waals surface area contributed by atoms with Crippen molar-refractivity contribution < 1.29 is 4.79 Å². The van der Waals surface area contributed by atoms with E-state index in [9.17, 15) is 4.79 Å². The summed E-state index contributed by atoms with van der Waals surface area (Å²) in [6.45, 7) is 1.76. The van der Waals surface area contributed by atoms with E-state index in [4.69, 9.17) is 0 Å². The summed E-state index contributed by atoms with van der Waals surface area (Å²) in [7, 11) is 0. The molecule has 3 rings (SSSR count). The van der Waals surface area contributed by atoms with Crippen LogP contribution in [0.4, 0.5) is 0 Å². The van der Waals surface area contributed by atoms with Gasteiger partial charge in [0.2, 0.25) is 0 Å². The van der Waals surface area contributed by atoms with Gasteiger partial charge in [-0.05, 0) is 29.3 Å². The van der Waals surface area contributed by atoms with Gasteiger partial charge in [-0.3, -0.25) is 4.79 Å². The standard InChI is InChI=1S/C13H13NOS2/c15-13(11-4-7-16-9-11)14-5-3-10(8-14)12-2-1-6-17-12/h1-2,4,6-7,9-10H,3,5,8H2. The van der Waals surface area contributed by atoms with E-state index in [-0.39, 0.29) is 5.91 Å². The molecule has 88 valence electrons. The van der Waals surface area contributed by atoms with Crippen molar-refractivity contribution in [3.05, 3.63) is 44.8 Å². The zero-order valence-electron chi connectivity index (χ0n) is 9.33. The highest BCUT2D eigenvalue weighted by atomic mass is 32.1. The Morgan fingerprint density at radius 2 is 2.29 bits per heavy atom. The predicted octanol–water partition coefficient (Wildman–Crippen LogP) is 3.44. The Labute approximate surface area is 109 Å². The fourth-order valence-corrected chi connectivity index (χ4v) is 3.76. The second kappa shape index (κ2) is 4.63. The third-order valence-corrected chi connectivity index (χ3v) is 4.91. The summed E-state index contributed by atoms with van der Waals surface area (Å²) in [5, 5.41) is 6.00. The second-order valence-corrected chi connectivity index (χ2v) is 6.02. The molecule has 2 aromatic rings. The lowest BCUT2D eigenvalue weighted by atomic mass is 10.1. The molecule has 1 fully saturated rings. The molecule has 17 heavy (non-hydrogen) atoms. The maximum atomic E-state index is 12.2. The van der Waals surface area contributed by atoms with Crippen molar-refractivity contribution in [2.24, 2.45) is 0 Å². The van der Waals surface area contributed by atoms with Crippen molar-refractivity contribution in [1.82, 2.24) is 4.90 Å². The number of hydrogen-bond acceptors (Lipinski definition) is 3. The fourth-order valence-electron chi connectivity index (χ4n) is 2.27. The van der Waals surface area contributed by atoms with Crippen LogP contribution in [-0.2, 0) is 0 Å². The highest BCUT2D eigenvalue weighted by molar-refractivity contribution is 7.10. The predicted molar refractivity (Wildman–Crippen MR) is 71.9 cm³/mol. The number of hydrogen-bond donors (Lipinski definition) is 0. The van der Waals surface area contributed by atoms with Gasteiger partial charge in [0.05, 0.1) is 5.56 Å². The number of thiophene rings is 2. The minimum Gasteiger partial charge on any atom is -0.338 e. The summed E-state index contributed by atoms with van der Waals surface area (Å²) in [4.78, 5) is 15.5. The Morgan fingerprint density at radius 3 is 3.00 bits per heavy atom. The number of carbonyl (C=O) groups is 1. The Hall–Kier alpha value is -1.13. The van der Waals surface area contributed by atoms with Gasteiger partial charge in [0, 0.05) is 29.3 Å². The molecular formula is C13H13NOS2. The van der Waals surface area contributed by atoms with Gasteiger partial charge in [-0.15, -0.1) is 11.3 Å². The first-order valence-corrected chi connectivity index (χ1v) is 7.52. The second-order valence-electron chi connectivity index (χ2n) is 4.26. The molecule has 2 aromatic heterocycles. The zero-order chi connectivity index (χ0) is 11.7. The van der Waals surface area contributed by atoms with Gasteiger partial charge in [-0.1, -0.05) is 6.07 Å². The van der Waals surface area contributed by atoms with Crippen LogP contribution in [0.1, 0.15) is 27.6 Å². The van der Waals surface area contributed by atoms with Crippen molar-refractivity contribution in [2.45, 2.75) is 12.3 Å². The maximum Gasteiger partial charge on any atom is 0.254 e. The number of rotatable bonds is 2. The van der Waals surface area contributed by atoms with E-state index in [2.05, 4.69) is 17.5 Å². The molecule has 3 heterocycles. The molecule has 1 aliphatic rings. The van der Waals surface area contributed by atoms with Gasteiger partial charge in [0.25, 0.3) is 5.91 Å². The number of nitrogens with zero attached hydrogens (tertiary/aromatic N) is 1. The molecule has 1 atom stereocenters. The van der Waals surface area contributed by atoms with E-state index in [1.54, 1.807) is 22.7 Å². The van der Waals surface area contributed by atoms with Crippen LogP contribution < -0.4 is 0 Å². The topological polar surface area (TPSA) is 20.3 Å². The summed E-state index contributed by atoms with van der Waals surface area (Å²) in [6.07, 6.45) is 1.09. The Bertz CT molecular complexity index is 489. The molecular weight excluding hydrogens is 250 g/mol. The van der Waals surface area contributed by atoms with E-state index in [0.717, 1.165) is 25.1 Å². The molecule has 0 radical (unpaired) electrons. The van der Waals surface area contributed by atoms with E-state index in [0.29, 0.717) is 5.92 Å². The molecule has 0 aliphatic carbocycles. The lowest BCUT2D eigenvalue weighted by molar-refractivity contribution is 0.0791. The Balaban J connectivity index is 1.70. The normalized spacial score (nSPS) is 19.8. The van der Waals surface area contributed by atoms with Crippen LogP contribution in [-0.4, -0.2) is 23.9 Å². The largest absolute Gasteiger partial charge is 0.338 e. The minimum absolute atomic E-state index is 0.185. The molecule has 0 bridgehead atoms. The van der Waals surface area contributed by atoms with E-state index in [1.807, 2.05) is 21.7 Å². The Kier molecular flexibility index (Phi) is 2.99. The van der Waals surface area contributed by atoms with E-state index >= 15 is 0 Å².